The smallest absolute Gasteiger partial charge is 0.0779 e. The molecule has 2 fully saturated rings. The Labute approximate surface area is 129 Å². The van der Waals surface area contributed by atoms with Gasteiger partial charge in [-0.25, -0.2) is 0 Å². The summed E-state index contributed by atoms with van der Waals surface area (Å²) in [4.78, 5) is 2.54. The number of benzene rings is 1. The highest BCUT2D eigenvalue weighted by Gasteiger charge is 2.36. The van der Waals surface area contributed by atoms with E-state index in [1.807, 2.05) is 0 Å². The van der Waals surface area contributed by atoms with Gasteiger partial charge >= 0.3 is 0 Å². The highest BCUT2D eigenvalue weighted by molar-refractivity contribution is 9.10. The first-order valence-electron chi connectivity index (χ1n) is 7.67. The number of ether oxygens (including phenoxy) is 1. The summed E-state index contributed by atoms with van der Waals surface area (Å²) in [5, 5.41) is 3.38. The zero-order chi connectivity index (χ0) is 13.9. The summed E-state index contributed by atoms with van der Waals surface area (Å²) < 4.78 is 7.10. The standard InChI is InChI=1S/C16H23BrN2O/c1-2-18-11-12-6-7-13(10-14(12)17)19-8-9-20-16-5-3-4-15(16)19/h6-7,10,15-16,18H,2-5,8-9,11H2,1H3. The van der Waals surface area contributed by atoms with Crippen LogP contribution < -0.4 is 10.2 Å². The van der Waals surface area contributed by atoms with Crippen molar-refractivity contribution in [1.82, 2.24) is 5.32 Å². The van der Waals surface area contributed by atoms with Gasteiger partial charge in [0.15, 0.2) is 0 Å². The molecule has 0 spiro atoms. The van der Waals surface area contributed by atoms with Gasteiger partial charge in [0.1, 0.15) is 0 Å². The average molecular weight is 339 g/mol. The quantitative estimate of drug-likeness (QED) is 0.911. The zero-order valence-corrected chi connectivity index (χ0v) is 13.7. The first-order valence-corrected chi connectivity index (χ1v) is 8.46. The van der Waals surface area contributed by atoms with Crippen LogP contribution in [0, 0.1) is 0 Å². The van der Waals surface area contributed by atoms with E-state index in [9.17, 15) is 0 Å². The first-order chi connectivity index (χ1) is 9.79. The molecule has 2 atom stereocenters. The van der Waals surface area contributed by atoms with Gasteiger partial charge in [-0.15, -0.1) is 0 Å². The molecule has 1 saturated carbocycles. The van der Waals surface area contributed by atoms with E-state index in [1.165, 1.54) is 35.0 Å². The third-order valence-corrected chi connectivity index (χ3v) is 5.15. The van der Waals surface area contributed by atoms with Gasteiger partial charge in [0.25, 0.3) is 0 Å². The Bertz CT molecular complexity index is 466. The second-order valence-corrected chi connectivity index (χ2v) is 6.51. The predicted molar refractivity (Wildman–Crippen MR) is 86.2 cm³/mol. The molecule has 1 aromatic rings. The summed E-state index contributed by atoms with van der Waals surface area (Å²) >= 11 is 3.72. The Kier molecular flexibility index (Phi) is 4.64. The van der Waals surface area contributed by atoms with Crippen LogP contribution in [-0.4, -0.2) is 31.8 Å². The highest BCUT2D eigenvalue weighted by Crippen LogP contribution is 2.34. The number of rotatable bonds is 4. The van der Waals surface area contributed by atoms with Crippen molar-refractivity contribution in [3.8, 4) is 0 Å². The monoisotopic (exact) mass is 338 g/mol. The van der Waals surface area contributed by atoms with E-state index < -0.39 is 0 Å². The first kappa shape index (κ1) is 14.4. The minimum absolute atomic E-state index is 0.448. The molecule has 1 aromatic carbocycles. The normalized spacial score (nSPS) is 25.8. The molecule has 1 heterocycles. The molecule has 0 amide bonds. The Hall–Kier alpha value is -0.580. The van der Waals surface area contributed by atoms with Crippen molar-refractivity contribution in [3.05, 3.63) is 28.2 Å². The van der Waals surface area contributed by atoms with Gasteiger partial charge in [-0.2, -0.15) is 0 Å². The predicted octanol–water partition coefficient (Wildman–Crippen LogP) is 3.32. The number of morpholine rings is 1. The SMILES string of the molecule is CCNCc1ccc(N2CCOC3CCCC32)cc1Br. The Morgan fingerprint density at radius 2 is 2.30 bits per heavy atom. The number of anilines is 1. The number of nitrogens with zero attached hydrogens (tertiary/aromatic N) is 1. The molecule has 1 N–H and O–H groups in total. The Morgan fingerprint density at radius 3 is 3.10 bits per heavy atom. The van der Waals surface area contributed by atoms with Crippen molar-refractivity contribution in [1.29, 1.82) is 0 Å². The maximum Gasteiger partial charge on any atom is 0.0779 e. The summed E-state index contributed by atoms with van der Waals surface area (Å²) in [7, 11) is 0. The van der Waals surface area contributed by atoms with Crippen LogP contribution in [0.4, 0.5) is 5.69 Å². The number of hydrogen-bond acceptors (Lipinski definition) is 3. The second-order valence-electron chi connectivity index (χ2n) is 5.66. The number of nitrogens with one attached hydrogen (secondary N) is 1. The third-order valence-electron chi connectivity index (χ3n) is 4.42. The molecular formula is C16H23BrN2O. The van der Waals surface area contributed by atoms with Crippen molar-refractivity contribution in [3.63, 3.8) is 0 Å². The van der Waals surface area contributed by atoms with Gasteiger partial charge in [-0.3, -0.25) is 0 Å². The van der Waals surface area contributed by atoms with Crippen LogP contribution in [0.2, 0.25) is 0 Å². The lowest BCUT2D eigenvalue weighted by Crippen LogP contribution is -2.48. The van der Waals surface area contributed by atoms with E-state index in [4.69, 9.17) is 4.74 Å². The van der Waals surface area contributed by atoms with E-state index >= 15 is 0 Å². The maximum absolute atomic E-state index is 5.90. The maximum atomic E-state index is 5.90. The van der Waals surface area contributed by atoms with Crippen LogP contribution in [0.3, 0.4) is 0 Å². The molecule has 2 unspecified atom stereocenters. The van der Waals surface area contributed by atoms with E-state index in [0.29, 0.717) is 12.1 Å². The molecule has 20 heavy (non-hydrogen) atoms. The summed E-state index contributed by atoms with van der Waals surface area (Å²) in [6, 6.07) is 7.35. The lowest BCUT2D eigenvalue weighted by molar-refractivity contribution is 0.0256. The zero-order valence-electron chi connectivity index (χ0n) is 12.1. The molecule has 110 valence electrons. The molecule has 0 bridgehead atoms. The Balaban J connectivity index is 1.77. The highest BCUT2D eigenvalue weighted by atomic mass is 79.9. The van der Waals surface area contributed by atoms with Crippen LogP contribution in [0.15, 0.2) is 22.7 Å². The van der Waals surface area contributed by atoms with E-state index in [-0.39, 0.29) is 0 Å². The van der Waals surface area contributed by atoms with Crippen molar-refractivity contribution < 1.29 is 4.74 Å². The molecule has 0 radical (unpaired) electrons. The third kappa shape index (κ3) is 2.87. The van der Waals surface area contributed by atoms with Crippen molar-refractivity contribution in [2.24, 2.45) is 0 Å². The summed E-state index contributed by atoms with van der Waals surface area (Å²) in [6.07, 6.45) is 4.23. The fourth-order valence-corrected chi connectivity index (χ4v) is 3.87. The molecular weight excluding hydrogens is 316 g/mol. The fraction of sp³-hybridized carbons (Fsp3) is 0.625. The van der Waals surface area contributed by atoms with E-state index in [0.717, 1.165) is 26.2 Å². The van der Waals surface area contributed by atoms with Crippen LogP contribution in [-0.2, 0) is 11.3 Å². The molecule has 1 saturated heterocycles. The average Bonchev–Trinajstić information content (AvgIpc) is 2.94. The van der Waals surface area contributed by atoms with Gasteiger partial charge in [0.05, 0.1) is 18.8 Å². The molecule has 3 rings (SSSR count). The van der Waals surface area contributed by atoms with Crippen molar-refractivity contribution >= 4 is 21.6 Å². The molecule has 0 aromatic heterocycles. The minimum Gasteiger partial charge on any atom is -0.374 e. The molecule has 4 heteroatoms. The summed E-state index contributed by atoms with van der Waals surface area (Å²) in [5.74, 6) is 0. The van der Waals surface area contributed by atoms with Gasteiger partial charge in [-0.1, -0.05) is 28.9 Å². The molecule has 3 nitrogen and oxygen atoms in total. The Morgan fingerprint density at radius 1 is 1.40 bits per heavy atom. The van der Waals surface area contributed by atoms with Crippen LogP contribution in [0.1, 0.15) is 31.7 Å². The molecule has 1 aliphatic carbocycles. The van der Waals surface area contributed by atoms with Gasteiger partial charge in [0, 0.05) is 23.2 Å². The van der Waals surface area contributed by atoms with Crippen LogP contribution in [0.5, 0.6) is 0 Å². The van der Waals surface area contributed by atoms with Crippen molar-refractivity contribution in [2.45, 2.75) is 44.9 Å². The molecule has 1 aliphatic heterocycles. The number of halogens is 1. The lowest BCUT2D eigenvalue weighted by Gasteiger charge is -2.39. The van der Waals surface area contributed by atoms with E-state index in [2.05, 4.69) is 51.3 Å². The number of fused-ring (bicyclic) bond motifs is 1. The van der Waals surface area contributed by atoms with Gasteiger partial charge in [0.2, 0.25) is 0 Å². The summed E-state index contributed by atoms with van der Waals surface area (Å²) in [5.41, 5.74) is 2.66. The minimum atomic E-state index is 0.448. The fourth-order valence-electron chi connectivity index (χ4n) is 3.36. The molecule has 2 aliphatic rings. The van der Waals surface area contributed by atoms with Gasteiger partial charge in [-0.05, 0) is 43.5 Å². The largest absolute Gasteiger partial charge is 0.374 e. The van der Waals surface area contributed by atoms with Crippen LogP contribution >= 0.6 is 15.9 Å². The lowest BCUT2D eigenvalue weighted by atomic mass is 10.1. The van der Waals surface area contributed by atoms with Crippen molar-refractivity contribution in [2.75, 3.05) is 24.6 Å². The van der Waals surface area contributed by atoms with Crippen LogP contribution in [0.25, 0.3) is 0 Å². The number of hydrogen-bond donors (Lipinski definition) is 1. The topological polar surface area (TPSA) is 24.5 Å². The summed E-state index contributed by atoms with van der Waals surface area (Å²) in [6.45, 7) is 5.93. The van der Waals surface area contributed by atoms with Gasteiger partial charge < -0.3 is 15.0 Å². The second kappa shape index (κ2) is 6.46. The van der Waals surface area contributed by atoms with E-state index in [1.54, 1.807) is 0 Å².